The van der Waals surface area contributed by atoms with Gasteiger partial charge in [-0.3, -0.25) is 0 Å². The fourth-order valence-corrected chi connectivity index (χ4v) is 3.16. The van der Waals surface area contributed by atoms with Gasteiger partial charge in [-0.15, -0.1) is 0 Å². The zero-order valence-corrected chi connectivity index (χ0v) is 13.5. The maximum Gasteiger partial charge on any atom is 0.0433 e. The van der Waals surface area contributed by atoms with Gasteiger partial charge >= 0.3 is 0 Å². The molecule has 0 aliphatic rings. The van der Waals surface area contributed by atoms with Crippen LogP contribution in [0.1, 0.15) is 11.1 Å². The van der Waals surface area contributed by atoms with Gasteiger partial charge in [0.1, 0.15) is 0 Å². The number of hydrogen-bond acceptors (Lipinski definition) is 1. The SMILES string of the molecule is C=C/C=C\N(C)Cc1c(C=C)c2ccccc2c2ccccc12. The van der Waals surface area contributed by atoms with Gasteiger partial charge in [-0.2, -0.15) is 0 Å². The molecule has 0 unspecified atom stereocenters. The summed E-state index contributed by atoms with van der Waals surface area (Å²) in [6.45, 7) is 8.63. The second-order valence-electron chi connectivity index (χ2n) is 5.68. The Kier molecular flexibility index (Phi) is 4.29. The Hall–Kier alpha value is -2.80. The highest BCUT2D eigenvalue weighted by Crippen LogP contribution is 2.34. The molecule has 23 heavy (non-hydrogen) atoms. The fraction of sp³-hybridized carbons (Fsp3) is 0.0909. The van der Waals surface area contributed by atoms with E-state index in [1.807, 2.05) is 18.4 Å². The fourth-order valence-electron chi connectivity index (χ4n) is 3.16. The van der Waals surface area contributed by atoms with Gasteiger partial charge in [-0.1, -0.05) is 73.8 Å². The van der Waals surface area contributed by atoms with E-state index in [-0.39, 0.29) is 0 Å². The van der Waals surface area contributed by atoms with E-state index in [0.29, 0.717) is 0 Å². The van der Waals surface area contributed by atoms with Gasteiger partial charge in [0.05, 0.1) is 0 Å². The minimum atomic E-state index is 0.830. The van der Waals surface area contributed by atoms with Crippen molar-refractivity contribution in [2.24, 2.45) is 0 Å². The molecule has 0 aromatic heterocycles. The first-order valence-corrected chi connectivity index (χ1v) is 7.80. The van der Waals surface area contributed by atoms with Crippen LogP contribution in [0, 0.1) is 0 Å². The van der Waals surface area contributed by atoms with Crippen LogP contribution in [0.25, 0.3) is 27.6 Å². The Bertz CT molecular complexity index is 902. The summed E-state index contributed by atoms with van der Waals surface area (Å²) in [5.41, 5.74) is 2.53. The first-order valence-electron chi connectivity index (χ1n) is 7.80. The molecule has 0 aliphatic heterocycles. The molecule has 3 aromatic rings. The van der Waals surface area contributed by atoms with Gasteiger partial charge in [0.25, 0.3) is 0 Å². The Morgan fingerprint density at radius 2 is 1.43 bits per heavy atom. The molecule has 1 heteroatoms. The lowest BCUT2D eigenvalue weighted by atomic mass is 9.91. The highest BCUT2D eigenvalue weighted by atomic mass is 15.1. The van der Waals surface area contributed by atoms with Crippen LogP contribution in [0.4, 0.5) is 0 Å². The van der Waals surface area contributed by atoms with Gasteiger partial charge in [0.2, 0.25) is 0 Å². The van der Waals surface area contributed by atoms with E-state index in [4.69, 9.17) is 0 Å². The molecule has 0 radical (unpaired) electrons. The smallest absolute Gasteiger partial charge is 0.0433 e. The lowest BCUT2D eigenvalue weighted by Gasteiger charge is -2.20. The Morgan fingerprint density at radius 3 is 2.04 bits per heavy atom. The highest BCUT2D eigenvalue weighted by molar-refractivity contribution is 6.12. The lowest BCUT2D eigenvalue weighted by Crippen LogP contribution is -2.11. The summed E-state index contributed by atoms with van der Waals surface area (Å²) in [5.74, 6) is 0. The summed E-state index contributed by atoms with van der Waals surface area (Å²) in [6, 6.07) is 17.2. The summed E-state index contributed by atoms with van der Waals surface area (Å²) < 4.78 is 0. The van der Waals surface area contributed by atoms with Crippen molar-refractivity contribution in [1.82, 2.24) is 4.90 Å². The predicted molar refractivity (Wildman–Crippen MR) is 102 cm³/mol. The van der Waals surface area contributed by atoms with Crippen molar-refractivity contribution in [2.45, 2.75) is 6.54 Å². The number of fused-ring (bicyclic) bond motifs is 3. The van der Waals surface area contributed by atoms with Gasteiger partial charge < -0.3 is 4.90 Å². The molecular formula is C22H21N. The van der Waals surface area contributed by atoms with E-state index >= 15 is 0 Å². The van der Waals surface area contributed by atoms with Crippen LogP contribution >= 0.6 is 0 Å². The molecule has 1 nitrogen and oxygen atoms in total. The summed E-state index contributed by atoms with van der Waals surface area (Å²) in [5, 5.41) is 5.13. The van der Waals surface area contributed by atoms with Gasteiger partial charge in [-0.05, 0) is 44.9 Å². The molecule has 0 saturated heterocycles. The molecule has 0 heterocycles. The number of rotatable bonds is 5. The minimum Gasteiger partial charge on any atom is -0.376 e. The second-order valence-corrected chi connectivity index (χ2v) is 5.68. The normalized spacial score (nSPS) is 11.2. The Morgan fingerprint density at radius 1 is 0.870 bits per heavy atom. The first-order chi connectivity index (χ1) is 11.3. The van der Waals surface area contributed by atoms with E-state index < -0.39 is 0 Å². The van der Waals surface area contributed by atoms with Crippen LogP contribution in [0.5, 0.6) is 0 Å². The van der Waals surface area contributed by atoms with Crippen LogP contribution in [-0.2, 0) is 6.54 Å². The van der Waals surface area contributed by atoms with E-state index in [1.54, 1.807) is 6.08 Å². The van der Waals surface area contributed by atoms with Crippen molar-refractivity contribution in [3.8, 4) is 0 Å². The molecule has 0 aliphatic carbocycles. The summed E-state index contributed by atoms with van der Waals surface area (Å²) in [6.07, 6.45) is 7.78. The summed E-state index contributed by atoms with van der Waals surface area (Å²) in [4.78, 5) is 2.17. The first kappa shape index (κ1) is 15.1. The molecular weight excluding hydrogens is 278 g/mol. The van der Waals surface area contributed by atoms with Crippen molar-refractivity contribution in [3.63, 3.8) is 0 Å². The molecule has 0 N–H and O–H groups in total. The molecule has 0 atom stereocenters. The van der Waals surface area contributed by atoms with Gasteiger partial charge in [0.15, 0.2) is 0 Å². The molecule has 0 fully saturated rings. The lowest BCUT2D eigenvalue weighted by molar-refractivity contribution is 0.453. The van der Waals surface area contributed by atoms with Crippen LogP contribution in [0.15, 0.2) is 80.0 Å². The average Bonchev–Trinajstić information content (AvgIpc) is 2.60. The minimum absolute atomic E-state index is 0.830. The third-order valence-electron chi connectivity index (χ3n) is 4.17. The van der Waals surface area contributed by atoms with Crippen molar-refractivity contribution in [1.29, 1.82) is 0 Å². The van der Waals surface area contributed by atoms with Crippen LogP contribution in [0.3, 0.4) is 0 Å². The third-order valence-corrected chi connectivity index (χ3v) is 4.17. The predicted octanol–water partition coefficient (Wildman–Crippen LogP) is 5.77. The summed E-state index contributed by atoms with van der Waals surface area (Å²) >= 11 is 0. The summed E-state index contributed by atoms with van der Waals surface area (Å²) in [7, 11) is 2.08. The van der Waals surface area contributed by atoms with Crippen molar-refractivity contribution >= 4 is 27.6 Å². The van der Waals surface area contributed by atoms with E-state index in [2.05, 4.69) is 73.6 Å². The molecule has 0 spiro atoms. The second kappa shape index (κ2) is 6.53. The zero-order chi connectivity index (χ0) is 16.2. The molecule has 3 rings (SSSR count). The number of nitrogens with zero attached hydrogens (tertiary/aromatic N) is 1. The average molecular weight is 299 g/mol. The number of benzene rings is 3. The maximum absolute atomic E-state index is 4.07. The maximum atomic E-state index is 4.07. The van der Waals surface area contributed by atoms with Crippen molar-refractivity contribution in [2.75, 3.05) is 7.05 Å². The van der Waals surface area contributed by atoms with Gasteiger partial charge in [-0.25, -0.2) is 0 Å². The molecule has 3 aromatic carbocycles. The quantitative estimate of drug-likeness (QED) is 0.427. The third kappa shape index (κ3) is 2.78. The van der Waals surface area contributed by atoms with Crippen molar-refractivity contribution in [3.05, 3.63) is 91.2 Å². The molecule has 0 amide bonds. The van der Waals surface area contributed by atoms with Crippen molar-refractivity contribution < 1.29 is 0 Å². The van der Waals surface area contributed by atoms with Gasteiger partial charge in [0, 0.05) is 13.6 Å². The van der Waals surface area contributed by atoms with Crippen LogP contribution in [-0.4, -0.2) is 11.9 Å². The number of allylic oxidation sites excluding steroid dienone is 2. The number of hydrogen-bond donors (Lipinski definition) is 0. The highest BCUT2D eigenvalue weighted by Gasteiger charge is 2.12. The Balaban J connectivity index is 2.30. The topological polar surface area (TPSA) is 3.24 Å². The van der Waals surface area contributed by atoms with Crippen LogP contribution in [0.2, 0.25) is 0 Å². The largest absolute Gasteiger partial charge is 0.376 e. The monoisotopic (exact) mass is 299 g/mol. The van der Waals surface area contributed by atoms with E-state index in [0.717, 1.165) is 6.54 Å². The standard InChI is InChI=1S/C22H21N/c1-4-6-15-23(3)16-22-17(5-2)18-11-7-8-12-19(18)20-13-9-10-14-21(20)22/h4-15H,1-2,16H2,3H3/b15-6-. The zero-order valence-electron chi connectivity index (χ0n) is 13.5. The molecule has 114 valence electrons. The molecule has 0 bridgehead atoms. The Labute approximate surface area is 137 Å². The van der Waals surface area contributed by atoms with E-state index in [1.165, 1.54) is 32.7 Å². The van der Waals surface area contributed by atoms with E-state index in [9.17, 15) is 0 Å². The molecule has 0 saturated carbocycles. The van der Waals surface area contributed by atoms with Crippen LogP contribution < -0.4 is 0 Å².